The minimum atomic E-state index is -0.334. The summed E-state index contributed by atoms with van der Waals surface area (Å²) in [5.41, 5.74) is 20.2. The molecular weight excluding hydrogens is 1610 g/mol. The number of aromatic hydroxyl groups is 1. The number of carbonyl (C=O) groups is 4. The number of hydrogen-bond donors (Lipinski definition) is 5. The van der Waals surface area contributed by atoms with E-state index >= 15 is 0 Å². The van der Waals surface area contributed by atoms with Gasteiger partial charge in [0.15, 0.2) is 23.3 Å². The van der Waals surface area contributed by atoms with Crippen LogP contribution in [0.2, 0.25) is 5.02 Å². The van der Waals surface area contributed by atoms with E-state index in [1.54, 1.807) is 97.1 Å². The van der Waals surface area contributed by atoms with Gasteiger partial charge >= 0.3 is 0 Å². The molecule has 616 valence electrons. The number of nitrogens with one attached hydrogen (secondary N) is 4. The maximum absolute atomic E-state index is 13.6. The van der Waals surface area contributed by atoms with Gasteiger partial charge in [-0.1, -0.05) is 131 Å². The molecule has 8 aromatic carbocycles. The van der Waals surface area contributed by atoms with Crippen molar-refractivity contribution in [2.24, 2.45) is 23.7 Å². The van der Waals surface area contributed by atoms with Crippen LogP contribution in [0.3, 0.4) is 0 Å². The van der Waals surface area contributed by atoms with Gasteiger partial charge in [0.2, 0.25) is 23.6 Å². The first-order valence-corrected chi connectivity index (χ1v) is 41.7. The second-order valence-corrected chi connectivity index (χ2v) is 33.7. The van der Waals surface area contributed by atoms with Gasteiger partial charge in [-0.3, -0.25) is 19.2 Å². The molecule has 0 fully saturated rings. The summed E-state index contributed by atoms with van der Waals surface area (Å²) in [6, 6.07) is 46.5. The lowest BCUT2D eigenvalue weighted by Crippen LogP contribution is -2.20. The van der Waals surface area contributed by atoms with Crippen molar-refractivity contribution in [1.29, 1.82) is 0 Å². The predicted octanol–water partition coefficient (Wildman–Crippen LogP) is 20.3. The van der Waals surface area contributed by atoms with Gasteiger partial charge in [0, 0.05) is 31.7 Å². The van der Waals surface area contributed by atoms with E-state index < -0.39 is 0 Å². The van der Waals surface area contributed by atoms with E-state index in [1.807, 2.05) is 36.4 Å². The van der Waals surface area contributed by atoms with Crippen molar-refractivity contribution >= 4 is 74.4 Å². The number of amides is 4. The van der Waals surface area contributed by atoms with Gasteiger partial charge in [-0.15, -0.1) is 0 Å². The minimum absolute atomic E-state index is 0.116. The van der Waals surface area contributed by atoms with Crippen LogP contribution in [0.5, 0.6) is 5.75 Å². The zero-order chi connectivity index (χ0) is 85.0. The highest BCUT2D eigenvalue weighted by atomic mass is 79.9. The summed E-state index contributed by atoms with van der Waals surface area (Å²) in [6.07, 6.45) is 8.97. The summed E-state index contributed by atoms with van der Waals surface area (Å²) >= 11 is 9.33. The number of aryl methyl sites for hydroxylation is 8. The molecule has 0 saturated heterocycles. The molecule has 0 atom stereocenters. The third-order valence-corrected chi connectivity index (χ3v) is 21.3. The number of aromatic nitrogens is 8. The molecule has 5 N–H and O–H groups in total. The monoisotopic (exact) mass is 1700 g/mol. The first-order valence-electron chi connectivity index (χ1n) is 40.5. The van der Waals surface area contributed by atoms with Crippen molar-refractivity contribution in [1.82, 2.24) is 39.9 Å². The Labute approximate surface area is 708 Å². The Morgan fingerprint density at radius 1 is 0.333 bits per heavy atom. The first-order chi connectivity index (χ1) is 57.5. The molecule has 17 nitrogen and oxygen atoms in total. The van der Waals surface area contributed by atoms with Crippen LogP contribution in [-0.4, -0.2) is 68.6 Å². The fourth-order valence-corrected chi connectivity index (χ4v) is 15.4. The summed E-state index contributed by atoms with van der Waals surface area (Å²) in [4.78, 5) is 89.1. The lowest BCUT2D eigenvalue weighted by Gasteiger charge is -2.21. The van der Waals surface area contributed by atoms with E-state index in [2.05, 4.69) is 92.6 Å². The number of fused-ring (bicyclic) bond motifs is 12. The lowest BCUT2D eigenvalue weighted by atomic mass is 9.91. The van der Waals surface area contributed by atoms with Gasteiger partial charge in [-0.05, 0) is 267 Å². The van der Waals surface area contributed by atoms with Crippen molar-refractivity contribution in [3.63, 3.8) is 0 Å². The van der Waals surface area contributed by atoms with Crippen molar-refractivity contribution in [3.8, 4) is 50.8 Å². The molecule has 120 heavy (non-hydrogen) atoms. The van der Waals surface area contributed by atoms with Gasteiger partial charge < -0.3 is 26.4 Å². The Morgan fingerprint density at radius 3 is 0.825 bits per heavy atom. The first kappa shape index (κ1) is 86.0. The van der Waals surface area contributed by atoms with Crippen LogP contribution in [0.25, 0.3) is 45.0 Å². The van der Waals surface area contributed by atoms with Crippen molar-refractivity contribution in [2.45, 2.75) is 158 Å². The van der Waals surface area contributed by atoms with Gasteiger partial charge in [0.25, 0.3) is 0 Å². The highest BCUT2D eigenvalue weighted by Crippen LogP contribution is 2.39. The number of phenols is 1. The molecule has 16 rings (SSSR count). The number of benzene rings is 8. The highest BCUT2D eigenvalue weighted by Gasteiger charge is 2.29. The Kier molecular flexibility index (Phi) is 27.9. The molecule has 4 heterocycles. The maximum atomic E-state index is 13.6. The Morgan fingerprint density at radius 2 is 0.567 bits per heavy atom. The molecule has 0 radical (unpaired) electrons. The number of halogens is 7. The van der Waals surface area contributed by atoms with Crippen LogP contribution in [-0.2, 0) is 122 Å². The summed E-state index contributed by atoms with van der Waals surface area (Å²) in [7, 11) is 0. The third kappa shape index (κ3) is 22.6. The SMILES string of the molecule is CC(C)Cc1nc2c(nc1NC(=O)Cc1ccc(Br)cc1)CCc1cc(F)ccc1-2.CC(C)Cc1nc2c(nc1NC(=O)Cc1ccc(Cl)cc1)CCc1cc(F)ccc1-2.CC(C)Cc1nc2c(nc1NC(=O)Cc1ccc(F)cc1)CCc1cc(F)ccc1-2.CC(C)Cc1nc2c(nc1NC(=O)Cc1ccc(O)cc1)CCc1cc(F)ccc1-2. The van der Waals surface area contributed by atoms with Gasteiger partial charge in [0.1, 0.15) is 34.8 Å². The second kappa shape index (κ2) is 38.9. The Hall–Kier alpha value is -11.8. The molecular formula is C96H93BrClF5N12O5. The topological polar surface area (TPSA) is 240 Å². The van der Waals surface area contributed by atoms with E-state index in [4.69, 9.17) is 51.5 Å². The normalized spacial score (nSPS) is 12.4. The fourth-order valence-electron chi connectivity index (χ4n) is 15.0. The van der Waals surface area contributed by atoms with E-state index in [0.717, 1.165) is 134 Å². The predicted molar refractivity (Wildman–Crippen MR) is 463 cm³/mol. The summed E-state index contributed by atoms with van der Waals surface area (Å²) < 4.78 is 68.6. The molecule has 4 amide bonds. The smallest absolute Gasteiger partial charge is 0.229 e. The zero-order valence-corrected chi connectivity index (χ0v) is 70.4. The Bertz CT molecular complexity index is 5090. The van der Waals surface area contributed by atoms with Crippen LogP contribution in [0.15, 0.2) is 174 Å². The van der Waals surface area contributed by atoms with Gasteiger partial charge in [-0.2, -0.15) is 0 Å². The van der Waals surface area contributed by atoms with E-state index in [0.29, 0.717) is 135 Å². The van der Waals surface area contributed by atoms with Crippen LogP contribution in [0.4, 0.5) is 45.2 Å². The average molecular weight is 1710 g/mol. The summed E-state index contributed by atoms with van der Waals surface area (Å²) in [5.74, 6) is 1.59. The van der Waals surface area contributed by atoms with Crippen LogP contribution >= 0.6 is 27.5 Å². The van der Waals surface area contributed by atoms with E-state index in [1.165, 1.54) is 36.4 Å². The largest absolute Gasteiger partial charge is 0.508 e. The molecule has 0 saturated carbocycles. The highest BCUT2D eigenvalue weighted by molar-refractivity contribution is 9.10. The number of hydrogen-bond acceptors (Lipinski definition) is 13. The van der Waals surface area contributed by atoms with Crippen LogP contribution in [0, 0.1) is 52.8 Å². The zero-order valence-electron chi connectivity index (χ0n) is 68.1. The average Bonchev–Trinajstić information content (AvgIpc) is 0.786. The molecule has 4 aromatic heterocycles. The van der Waals surface area contributed by atoms with Crippen molar-refractivity contribution < 1.29 is 46.2 Å². The molecule has 4 aliphatic rings. The molecule has 0 aliphatic heterocycles. The van der Waals surface area contributed by atoms with E-state index in [9.17, 15) is 46.2 Å². The lowest BCUT2D eigenvalue weighted by molar-refractivity contribution is -0.116. The quantitative estimate of drug-likeness (QED) is 0.0447. The van der Waals surface area contributed by atoms with Crippen LogP contribution in [0.1, 0.15) is 145 Å². The molecule has 0 spiro atoms. The van der Waals surface area contributed by atoms with Crippen molar-refractivity contribution in [2.75, 3.05) is 21.3 Å². The molecule has 4 aliphatic carbocycles. The minimum Gasteiger partial charge on any atom is -0.508 e. The number of phenolic OH excluding ortho intramolecular Hbond substituents is 1. The fraction of sp³-hybridized carbons (Fsp3) is 0.292. The number of rotatable bonds is 20. The third-order valence-electron chi connectivity index (χ3n) is 20.5. The standard InChI is InChI=1S/C24H23BrFN3O.C24H23ClFN3O.C24H23F2N3O.C24H24FN3O2/c3*1-14(2)11-21-24(29-22(30)12-15-3-6-17(25)7-4-15)28-20-10-5-16-13-18(26)8-9-19(16)23(20)27-21;1-14(2)11-21-24(28-22(30)12-15-3-7-18(29)8-4-15)27-20-10-5-16-13-17(25)6-9-19(16)23(20)26-21/h3*3-4,6-9,13-14H,5,10-12H2,1-2H3,(H,28,29,30);3-4,6-9,13-14,29H,5,10-12H2,1-2H3,(H,27,28,30). The van der Waals surface area contributed by atoms with Gasteiger partial charge in [-0.25, -0.2) is 61.8 Å². The maximum Gasteiger partial charge on any atom is 0.229 e. The number of nitrogens with zero attached hydrogens (tertiary/aromatic N) is 8. The molecule has 0 unspecified atom stereocenters. The summed E-state index contributed by atoms with van der Waals surface area (Å²) in [5, 5.41) is 21.8. The second-order valence-electron chi connectivity index (χ2n) is 32.3. The number of carbonyl (C=O) groups excluding carboxylic acids is 4. The molecule has 0 bridgehead atoms. The summed E-state index contributed by atoms with van der Waals surface area (Å²) in [6.45, 7) is 16.8. The van der Waals surface area contributed by atoms with Crippen molar-refractivity contribution in [3.05, 3.63) is 298 Å². The van der Waals surface area contributed by atoms with Gasteiger partial charge in [0.05, 0.1) is 94.0 Å². The van der Waals surface area contributed by atoms with E-state index in [-0.39, 0.29) is 84.1 Å². The number of anilines is 4. The Balaban J connectivity index is 0.000000138. The van der Waals surface area contributed by atoms with Crippen LogP contribution < -0.4 is 21.3 Å². The molecule has 12 aromatic rings. The molecule has 24 heteroatoms.